The average molecular weight is 195 g/mol. The van der Waals surface area contributed by atoms with Crippen LogP contribution in [0.5, 0.6) is 0 Å². The van der Waals surface area contributed by atoms with Crippen LogP contribution in [0.4, 0.5) is 0 Å². The van der Waals surface area contributed by atoms with Gasteiger partial charge in [0.05, 0.1) is 0 Å². The van der Waals surface area contributed by atoms with Crippen LogP contribution < -0.4 is 5.32 Å². The molecule has 2 aliphatic rings. The van der Waals surface area contributed by atoms with Crippen LogP contribution in [0.25, 0.3) is 0 Å². The molecule has 80 valence electrons. The Kier molecular flexibility index (Phi) is 3.09. The molecule has 0 spiro atoms. The summed E-state index contributed by atoms with van der Waals surface area (Å²) in [4.78, 5) is 11.0. The van der Waals surface area contributed by atoms with Crippen molar-refractivity contribution in [3.63, 3.8) is 0 Å². The highest BCUT2D eigenvalue weighted by Gasteiger charge is 2.32. The van der Waals surface area contributed by atoms with Crippen molar-refractivity contribution >= 4 is 5.91 Å². The van der Waals surface area contributed by atoms with Gasteiger partial charge in [0.25, 0.3) is 0 Å². The number of fused-ring (bicyclic) bond motifs is 1. The van der Waals surface area contributed by atoms with E-state index in [0.29, 0.717) is 6.04 Å². The van der Waals surface area contributed by atoms with Crippen molar-refractivity contribution in [1.82, 2.24) is 5.32 Å². The summed E-state index contributed by atoms with van der Waals surface area (Å²) < 4.78 is 0. The molecule has 1 N–H and O–H groups in total. The number of carbonyl (C=O) groups excluding carboxylic acids is 1. The minimum atomic E-state index is 0.143. The van der Waals surface area contributed by atoms with Crippen LogP contribution in [0, 0.1) is 11.8 Å². The van der Waals surface area contributed by atoms with Crippen LogP contribution >= 0.6 is 0 Å². The largest absolute Gasteiger partial charge is 0.354 e. The normalized spacial score (nSPS) is 37.4. The summed E-state index contributed by atoms with van der Waals surface area (Å²) in [6.07, 6.45) is 9.48. The lowest BCUT2D eigenvalue weighted by molar-refractivity contribution is -0.120. The number of hydrogen-bond acceptors (Lipinski definition) is 1. The van der Waals surface area contributed by atoms with E-state index in [0.717, 1.165) is 11.8 Å². The smallest absolute Gasteiger partial charge is 0.217 e. The van der Waals surface area contributed by atoms with Crippen LogP contribution in [-0.4, -0.2) is 11.9 Å². The van der Waals surface area contributed by atoms with E-state index < -0.39 is 0 Å². The van der Waals surface area contributed by atoms with Gasteiger partial charge in [-0.2, -0.15) is 0 Å². The summed E-state index contributed by atoms with van der Waals surface area (Å²) in [6.45, 7) is 1.63. The quantitative estimate of drug-likeness (QED) is 0.684. The van der Waals surface area contributed by atoms with Crippen molar-refractivity contribution in [2.75, 3.05) is 0 Å². The molecule has 0 bridgehead atoms. The fraction of sp³-hybridized carbons (Fsp3) is 0.917. The zero-order chi connectivity index (χ0) is 9.97. The van der Waals surface area contributed by atoms with Crippen LogP contribution in [0.1, 0.15) is 51.9 Å². The molecule has 1 amide bonds. The topological polar surface area (TPSA) is 29.1 Å². The number of amides is 1. The second kappa shape index (κ2) is 4.33. The molecule has 0 aromatic heterocycles. The lowest BCUT2D eigenvalue weighted by atomic mass is 9.69. The first-order valence-electron chi connectivity index (χ1n) is 6.03. The molecule has 0 aliphatic heterocycles. The molecule has 0 saturated heterocycles. The Bertz CT molecular complexity index is 214. The van der Waals surface area contributed by atoms with E-state index >= 15 is 0 Å². The minimum Gasteiger partial charge on any atom is -0.354 e. The first-order valence-corrected chi connectivity index (χ1v) is 6.03. The maximum Gasteiger partial charge on any atom is 0.217 e. The third-order valence-electron chi connectivity index (χ3n) is 3.95. The molecule has 2 heteroatoms. The first-order chi connectivity index (χ1) is 6.75. The zero-order valence-corrected chi connectivity index (χ0v) is 9.09. The molecule has 0 heterocycles. The molecule has 0 aromatic rings. The molecule has 0 unspecified atom stereocenters. The number of nitrogens with one attached hydrogen (secondary N) is 1. The third kappa shape index (κ3) is 2.28. The Morgan fingerprint density at radius 2 is 1.79 bits per heavy atom. The van der Waals surface area contributed by atoms with E-state index in [2.05, 4.69) is 5.32 Å². The molecule has 0 aromatic carbocycles. The summed E-state index contributed by atoms with van der Waals surface area (Å²) in [7, 11) is 0. The maximum absolute atomic E-state index is 11.0. The highest BCUT2D eigenvalue weighted by atomic mass is 16.1. The highest BCUT2D eigenvalue weighted by molar-refractivity contribution is 5.73. The monoisotopic (exact) mass is 195 g/mol. The lowest BCUT2D eigenvalue weighted by Crippen LogP contribution is -2.40. The van der Waals surface area contributed by atoms with Crippen molar-refractivity contribution in [1.29, 1.82) is 0 Å². The van der Waals surface area contributed by atoms with Gasteiger partial charge in [0.1, 0.15) is 0 Å². The van der Waals surface area contributed by atoms with Crippen LogP contribution in [-0.2, 0) is 4.79 Å². The molecule has 0 radical (unpaired) electrons. The summed E-state index contributed by atoms with van der Waals surface area (Å²) in [5.41, 5.74) is 0. The Labute approximate surface area is 86.5 Å². The third-order valence-corrected chi connectivity index (χ3v) is 3.95. The molecule has 2 aliphatic carbocycles. The van der Waals surface area contributed by atoms with E-state index in [9.17, 15) is 4.79 Å². The summed E-state index contributed by atoms with van der Waals surface area (Å²) >= 11 is 0. The molecule has 2 saturated carbocycles. The number of carbonyl (C=O) groups is 1. The molecule has 2 nitrogen and oxygen atoms in total. The van der Waals surface area contributed by atoms with Gasteiger partial charge in [-0.05, 0) is 31.1 Å². The second-order valence-corrected chi connectivity index (χ2v) is 5.02. The molecule has 3 atom stereocenters. The van der Waals surface area contributed by atoms with Crippen LogP contribution in [0.2, 0.25) is 0 Å². The molecular formula is C12H21NO. The molecule has 2 fully saturated rings. The van der Waals surface area contributed by atoms with E-state index in [1.807, 2.05) is 0 Å². The van der Waals surface area contributed by atoms with Crippen molar-refractivity contribution in [2.45, 2.75) is 57.9 Å². The van der Waals surface area contributed by atoms with Gasteiger partial charge in [0, 0.05) is 13.0 Å². The van der Waals surface area contributed by atoms with E-state index in [4.69, 9.17) is 0 Å². The van der Waals surface area contributed by atoms with Gasteiger partial charge in [-0.1, -0.05) is 25.7 Å². The van der Waals surface area contributed by atoms with Gasteiger partial charge in [-0.3, -0.25) is 4.79 Å². The SMILES string of the molecule is CC(=O)N[C@@H]1CC[C@H]2CCCC[C@@H]2C1. The summed E-state index contributed by atoms with van der Waals surface area (Å²) in [5, 5.41) is 3.08. The Morgan fingerprint density at radius 1 is 1.07 bits per heavy atom. The van der Waals surface area contributed by atoms with E-state index in [1.165, 1.54) is 44.9 Å². The Hall–Kier alpha value is -0.530. The maximum atomic E-state index is 11.0. The van der Waals surface area contributed by atoms with Gasteiger partial charge >= 0.3 is 0 Å². The lowest BCUT2D eigenvalue weighted by Gasteiger charge is -2.39. The number of rotatable bonds is 1. The Balaban J connectivity index is 1.86. The Morgan fingerprint density at radius 3 is 2.50 bits per heavy atom. The number of hydrogen-bond donors (Lipinski definition) is 1. The zero-order valence-electron chi connectivity index (χ0n) is 9.09. The molecule has 14 heavy (non-hydrogen) atoms. The molecular weight excluding hydrogens is 174 g/mol. The fourth-order valence-corrected chi connectivity index (χ4v) is 3.29. The van der Waals surface area contributed by atoms with Crippen LogP contribution in [0.3, 0.4) is 0 Å². The average Bonchev–Trinajstić information content (AvgIpc) is 2.17. The predicted octanol–water partition coefficient (Wildman–Crippen LogP) is 2.48. The van der Waals surface area contributed by atoms with Gasteiger partial charge in [-0.25, -0.2) is 0 Å². The van der Waals surface area contributed by atoms with E-state index in [1.54, 1.807) is 6.92 Å². The van der Waals surface area contributed by atoms with Gasteiger partial charge in [0.15, 0.2) is 0 Å². The van der Waals surface area contributed by atoms with E-state index in [-0.39, 0.29) is 5.91 Å². The molecule has 2 rings (SSSR count). The van der Waals surface area contributed by atoms with Crippen molar-refractivity contribution < 1.29 is 4.79 Å². The fourth-order valence-electron chi connectivity index (χ4n) is 3.29. The first kappa shape index (κ1) is 10.0. The standard InChI is InChI=1S/C12H21NO/c1-9(14)13-12-7-6-10-4-2-3-5-11(10)8-12/h10-12H,2-8H2,1H3,(H,13,14)/t10-,11-,12-/m1/s1. The van der Waals surface area contributed by atoms with Crippen molar-refractivity contribution in [3.8, 4) is 0 Å². The van der Waals surface area contributed by atoms with Gasteiger partial charge in [0.2, 0.25) is 5.91 Å². The van der Waals surface area contributed by atoms with Crippen molar-refractivity contribution in [3.05, 3.63) is 0 Å². The van der Waals surface area contributed by atoms with Gasteiger partial charge in [-0.15, -0.1) is 0 Å². The van der Waals surface area contributed by atoms with Gasteiger partial charge < -0.3 is 5.32 Å². The summed E-state index contributed by atoms with van der Waals surface area (Å²) in [5.74, 6) is 2.03. The van der Waals surface area contributed by atoms with Crippen LogP contribution in [0.15, 0.2) is 0 Å². The predicted molar refractivity (Wildman–Crippen MR) is 56.9 cm³/mol. The minimum absolute atomic E-state index is 0.143. The second-order valence-electron chi connectivity index (χ2n) is 5.02. The highest BCUT2D eigenvalue weighted by Crippen LogP contribution is 2.40. The summed E-state index contributed by atoms with van der Waals surface area (Å²) in [6, 6.07) is 0.479. The van der Waals surface area contributed by atoms with Crippen molar-refractivity contribution in [2.24, 2.45) is 11.8 Å².